The molecule has 0 radical (unpaired) electrons. The Morgan fingerprint density at radius 1 is 0.575 bits per heavy atom. The first-order valence-electron chi connectivity index (χ1n) is 13.3. The van der Waals surface area contributed by atoms with E-state index in [0.29, 0.717) is 27.3 Å². The second-order valence-corrected chi connectivity index (χ2v) is 10.2. The first kappa shape index (κ1) is 24.2. The zero-order valence-electron chi connectivity index (χ0n) is 21.7. The Labute approximate surface area is 236 Å². The fourth-order valence-corrected chi connectivity index (χ4v) is 5.83. The molecule has 0 aliphatic carbocycles. The second-order valence-electron chi connectivity index (χ2n) is 9.79. The lowest BCUT2D eigenvalue weighted by atomic mass is 10.2. The molecule has 7 nitrogen and oxygen atoms in total. The summed E-state index contributed by atoms with van der Waals surface area (Å²) in [7, 11) is 0. The molecule has 0 unspecified atom stereocenters. The molecule has 1 aliphatic heterocycles. The van der Waals surface area contributed by atoms with E-state index in [9.17, 15) is 4.79 Å². The molecule has 2 aromatic heterocycles. The van der Waals surface area contributed by atoms with E-state index in [1.807, 2.05) is 83.4 Å². The van der Waals surface area contributed by atoms with Gasteiger partial charge in [-0.1, -0.05) is 60.7 Å². The fraction of sp³-hybridized carbons (Fsp3) is 0.125. The Hall–Kier alpha value is -4.82. The summed E-state index contributed by atoms with van der Waals surface area (Å²) < 4.78 is 3.72. The van der Waals surface area contributed by atoms with Crippen LogP contribution in [0.25, 0.3) is 33.4 Å². The largest absolute Gasteiger partial charge is 0.368 e. The van der Waals surface area contributed by atoms with Crippen molar-refractivity contribution in [2.45, 2.75) is 0 Å². The third kappa shape index (κ3) is 4.13. The van der Waals surface area contributed by atoms with Crippen LogP contribution in [0, 0.1) is 4.77 Å². The van der Waals surface area contributed by atoms with Crippen LogP contribution in [0.3, 0.4) is 0 Å². The Morgan fingerprint density at radius 2 is 1.15 bits per heavy atom. The number of para-hydroxylation sites is 4. The average molecular weight is 543 g/mol. The zero-order chi connectivity index (χ0) is 27.1. The zero-order valence-corrected chi connectivity index (χ0v) is 22.5. The van der Waals surface area contributed by atoms with Gasteiger partial charge in [0.05, 0.1) is 22.1 Å². The molecule has 1 saturated heterocycles. The molecule has 4 aromatic carbocycles. The molecule has 196 valence electrons. The highest BCUT2D eigenvalue weighted by atomic mass is 32.1. The van der Waals surface area contributed by atoms with Crippen molar-refractivity contribution in [2.24, 2.45) is 0 Å². The van der Waals surface area contributed by atoms with E-state index in [2.05, 4.69) is 40.1 Å². The summed E-state index contributed by atoms with van der Waals surface area (Å²) in [5.74, 6) is 1.32. The maximum absolute atomic E-state index is 13.6. The lowest BCUT2D eigenvalue weighted by molar-refractivity contribution is 0.648. The van der Waals surface area contributed by atoms with Crippen LogP contribution in [0.2, 0.25) is 0 Å². The molecule has 0 N–H and O–H groups in total. The quantitative estimate of drug-likeness (QED) is 0.263. The standard InChI is InChI=1S/C32H26N6OS/c39-30-26-16-8-10-18-28(26)38(32(40)37(30)24-13-5-2-6-14-24)31-33-27-17-9-7-15-25(27)29(34-31)36-21-19-35(20-22-36)23-11-3-1-4-12-23/h1-18H,19-22H2. The number of benzene rings is 4. The third-order valence-corrected chi connectivity index (χ3v) is 7.81. The van der Waals surface area contributed by atoms with Crippen molar-refractivity contribution < 1.29 is 0 Å². The van der Waals surface area contributed by atoms with Gasteiger partial charge in [-0.3, -0.25) is 13.9 Å². The van der Waals surface area contributed by atoms with Gasteiger partial charge in [0, 0.05) is 37.3 Å². The Morgan fingerprint density at radius 3 is 1.88 bits per heavy atom. The molecule has 7 rings (SSSR count). The smallest absolute Gasteiger partial charge is 0.266 e. The minimum atomic E-state index is -0.166. The van der Waals surface area contributed by atoms with Crippen LogP contribution in [0.15, 0.2) is 114 Å². The lowest BCUT2D eigenvalue weighted by Crippen LogP contribution is -2.47. The summed E-state index contributed by atoms with van der Waals surface area (Å²) in [6.45, 7) is 3.42. The predicted molar refractivity (Wildman–Crippen MR) is 164 cm³/mol. The van der Waals surface area contributed by atoms with E-state index < -0.39 is 0 Å². The van der Waals surface area contributed by atoms with Crippen LogP contribution >= 0.6 is 12.2 Å². The number of anilines is 2. The van der Waals surface area contributed by atoms with E-state index in [0.717, 1.165) is 42.9 Å². The Bertz CT molecular complexity index is 1960. The second kappa shape index (κ2) is 10.1. The molecule has 3 heterocycles. The highest BCUT2D eigenvalue weighted by Crippen LogP contribution is 2.28. The van der Waals surface area contributed by atoms with Crippen molar-refractivity contribution in [2.75, 3.05) is 36.0 Å². The molecule has 0 spiro atoms. The van der Waals surface area contributed by atoms with Crippen molar-refractivity contribution in [3.8, 4) is 11.6 Å². The molecule has 40 heavy (non-hydrogen) atoms. The Balaban J connectivity index is 1.40. The van der Waals surface area contributed by atoms with Gasteiger partial charge in [0.1, 0.15) is 5.82 Å². The monoisotopic (exact) mass is 542 g/mol. The first-order chi connectivity index (χ1) is 19.7. The van der Waals surface area contributed by atoms with Gasteiger partial charge in [0.25, 0.3) is 5.56 Å². The van der Waals surface area contributed by atoms with Crippen molar-refractivity contribution in [3.05, 3.63) is 124 Å². The maximum atomic E-state index is 13.6. The van der Waals surface area contributed by atoms with Gasteiger partial charge in [-0.25, -0.2) is 4.98 Å². The molecule has 6 aromatic rings. The molecule has 1 fully saturated rings. The number of nitrogens with zero attached hydrogens (tertiary/aromatic N) is 6. The van der Waals surface area contributed by atoms with Crippen molar-refractivity contribution in [1.82, 2.24) is 19.1 Å². The van der Waals surface area contributed by atoms with E-state index in [1.165, 1.54) is 5.69 Å². The summed E-state index contributed by atoms with van der Waals surface area (Å²) in [5.41, 5.74) is 3.28. The van der Waals surface area contributed by atoms with Crippen LogP contribution in [0.4, 0.5) is 11.5 Å². The van der Waals surface area contributed by atoms with Gasteiger partial charge in [-0.05, 0) is 60.7 Å². The van der Waals surface area contributed by atoms with Crippen LogP contribution in [-0.2, 0) is 0 Å². The highest BCUT2D eigenvalue weighted by Gasteiger charge is 2.23. The summed E-state index contributed by atoms with van der Waals surface area (Å²) in [4.78, 5) is 28.5. The van der Waals surface area contributed by atoms with Gasteiger partial charge >= 0.3 is 0 Å². The molecule has 0 atom stereocenters. The molecule has 8 heteroatoms. The predicted octanol–water partition coefficient (Wildman–Crippen LogP) is 5.78. The van der Waals surface area contributed by atoms with Crippen molar-refractivity contribution in [1.29, 1.82) is 0 Å². The number of piperazine rings is 1. The number of fused-ring (bicyclic) bond motifs is 2. The van der Waals surface area contributed by atoms with Crippen LogP contribution in [0.5, 0.6) is 0 Å². The molecular formula is C32H26N6OS. The summed E-state index contributed by atoms with van der Waals surface area (Å²) >= 11 is 5.99. The lowest BCUT2D eigenvalue weighted by Gasteiger charge is -2.37. The molecule has 0 bridgehead atoms. The van der Waals surface area contributed by atoms with E-state index in [1.54, 1.807) is 4.57 Å². The topological polar surface area (TPSA) is 59.2 Å². The fourth-order valence-electron chi connectivity index (χ4n) is 5.46. The minimum Gasteiger partial charge on any atom is -0.368 e. The number of aromatic nitrogens is 4. The SMILES string of the molecule is O=c1c2ccccc2n(-c2nc(N3CCN(c4ccccc4)CC3)c3ccccc3n2)c(=S)n1-c1ccccc1. The van der Waals surface area contributed by atoms with E-state index >= 15 is 0 Å². The van der Waals surface area contributed by atoms with Gasteiger partial charge in [0.2, 0.25) is 5.95 Å². The third-order valence-electron chi connectivity index (χ3n) is 7.45. The molecular weight excluding hydrogens is 516 g/mol. The van der Waals surface area contributed by atoms with E-state index in [4.69, 9.17) is 22.2 Å². The van der Waals surface area contributed by atoms with Crippen LogP contribution in [0.1, 0.15) is 0 Å². The van der Waals surface area contributed by atoms with Gasteiger partial charge in [-0.15, -0.1) is 0 Å². The molecule has 0 amide bonds. The summed E-state index contributed by atoms with van der Waals surface area (Å²) in [5, 5.41) is 1.54. The van der Waals surface area contributed by atoms with Crippen molar-refractivity contribution >= 4 is 45.5 Å². The number of hydrogen-bond donors (Lipinski definition) is 0. The first-order valence-corrected chi connectivity index (χ1v) is 13.7. The van der Waals surface area contributed by atoms with Crippen molar-refractivity contribution in [3.63, 3.8) is 0 Å². The number of rotatable bonds is 4. The van der Waals surface area contributed by atoms with Crippen LogP contribution < -0.4 is 15.4 Å². The van der Waals surface area contributed by atoms with Crippen LogP contribution in [-0.4, -0.2) is 45.3 Å². The summed E-state index contributed by atoms with van der Waals surface area (Å²) in [6.07, 6.45) is 0. The minimum absolute atomic E-state index is 0.166. The highest BCUT2D eigenvalue weighted by molar-refractivity contribution is 7.71. The number of hydrogen-bond acceptors (Lipinski definition) is 6. The van der Waals surface area contributed by atoms with Gasteiger partial charge in [0.15, 0.2) is 4.77 Å². The van der Waals surface area contributed by atoms with Gasteiger partial charge < -0.3 is 9.80 Å². The normalized spacial score (nSPS) is 13.7. The van der Waals surface area contributed by atoms with E-state index in [-0.39, 0.29) is 5.56 Å². The average Bonchev–Trinajstić information content (AvgIpc) is 3.02. The molecule has 1 aliphatic rings. The molecule has 0 saturated carbocycles. The Kier molecular flexibility index (Phi) is 6.09. The van der Waals surface area contributed by atoms with Gasteiger partial charge in [-0.2, -0.15) is 4.98 Å². The summed E-state index contributed by atoms with van der Waals surface area (Å²) in [6, 6.07) is 35.6. The maximum Gasteiger partial charge on any atom is 0.266 e.